The highest BCUT2D eigenvalue weighted by Gasteiger charge is 2.23. The van der Waals surface area contributed by atoms with E-state index < -0.39 is 0 Å². The average molecular weight is 380 g/mol. The first-order valence-corrected chi connectivity index (χ1v) is 9.63. The van der Waals surface area contributed by atoms with Gasteiger partial charge in [-0.3, -0.25) is 9.59 Å². The highest BCUT2D eigenvalue weighted by molar-refractivity contribution is 5.76. The fraction of sp³-hybridized carbons (Fsp3) is 0.381. The van der Waals surface area contributed by atoms with E-state index >= 15 is 0 Å². The number of carbonyl (C=O) groups excluding carboxylic acids is 1. The number of aliphatic hydroxyl groups excluding tert-OH is 1. The lowest BCUT2D eigenvalue weighted by atomic mass is 10.0. The van der Waals surface area contributed by atoms with Crippen molar-refractivity contribution in [3.05, 3.63) is 58.6 Å². The number of hydrogen-bond acceptors (Lipinski definition) is 4. The van der Waals surface area contributed by atoms with Crippen LogP contribution in [0.1, 0.15) is 25.3 Å². The number of hydrogen-bond donors (Lipinski definition) is 1. The Morgan fingerprint density at radius 3 is 2.75 bits per heavy atom. The molecule has 3 aromatic rings. The van der Waals surface area contributed by atoms with Gasteiger partial charge in [-0.25, -0.2) is 4.52 Å². The quantitative estimate of drug-likeness (QED) is 0.750. The molecular formula is C21H24N4O3. The molecule has 7 heteroatoms. The summed E-state index contributed by atoms with van der Waals surface area (Å²) in [7, 11) is 0. The van der Waals surface area contributed by atoms with E-state index in [2.05, 4.69) is 12.0 Å². The Bertz CT molecular complexity index is 1050. The van der Waals surface area contributed by atoms with Gasteiger partial charge < -0.3 is 14.6 Å². The van der Waals surface area contributed by atoms with Crippen molar-refractivity contribution in [3.8, 4) is 11.3 Å². The second-order valence-electron chi connectivity index (χ2n) is 7.46. The molecule has 2 aromatic heterocycles. The fourth-order valence-corrected chi connectivity index (χ4v) is 3.91. The van der Waals surface area contributed by atoms with Crippen molar-refractivity contribution in [2.24, 2.45) is 5.92 Å². The number of likely N-dealkylation sites (tertiary alicyclic amines) is 1. The number of amides is 1. The maximum atomic E-state index is 13.1. The monoisotopic (exact) mass is 380 g/mol. The number of rotatable bonds is 4. The van der Waals surface area contributed by atoms with Gasteiger partial charge in [0.15, 0.2) is 0 Å². The molecule has 0 aliphatic carbocycles. The minimum Gasteiger partial charge on any atom is -0.392 e. The molecule has 3 heterocycles. The van der Waals surface area contributed by atoms with Crippen molar-refractivity contribution in [1.82, 2.24) is 19.1 Å². The molecule has 1 saturated heterocycles. The maximum Gasteiger partial charge on any atom is 0.277 e. The van der Waals surface area contributed by atoms with Gasteiger partial charge in [-0.2, -0.15) is 5.10 Å². The van der Waals surface area contributed by atoms with Gasteiger partial charge in [0, 0.05) is 36.6 Å². The van der Waals surface area contributed by atoms with E-state index in [1.165, 1.54) is 9.08 Å². The Hall–Kier alpha value is -2.93. The summed E-state index contributed by atoms with van der Waals surface area (Å²) in [6.45, 7) is 3.32. The zero-order chi connectivity index (χ0) is 19.7. The standard InChI is InChI=1S/C21H24N4O3/c1-15-6-5-9-23(12-15)18(27)13-24-10-11-25-20(21(24)28)17(14-26)19(22-25)16-7-3-2-4-8-16/h2-4,7-8,10-11,15,26H,5-6,9,12-14H2,1H3/t15-/m0/s1. The predicted molar refractivity (Wildman–Crippen MR) is 106 cm³/mol. The molecule has 1 fully saturated rings. The van der Waals surface area contributed by atoms with Crippen molar-refractivity contribution >= 4 is 11.4 Å². The van der Waals surface area contributed by atoms with Gasteiger partial charge in [0.05, 0.1) is 12.3 Å². The molecule has 0 bridgehead atoms. The van der Waals surface area contributed by atoms with Crippen LogP contribution < -0.4 is 5.56 Å². The van der Waals surface area contributed by atoms with Crippen LogP contribution in [0.15, 0.2) is 47.5 Å². The second kappa shape index (κ2) is 7.59. The van der Waals surface area contributed by atoms with Crippen LogP contribution in [0.5, 0.6) is 0 Å². The molecule has 0 unspecified atom stereocenters. The van der Waals surface area contributed by atoms with Gasteiger partial charge in [-0.15, -0.1) is 0 Å². The lowest BCUT2D eigenvalue weighted by Gasteiger charge is -2.31. The van der Waals surface area contributed by atoms with E-state index in [1.807, 2.05) is 35.2 Å². The third-order valence-electron chi connectivity index (χ3n) is 5.38. The molecular weight excluding hydrogens is 356 g/mol. The Kier molecular flexibility index (Phi) is 5.00. The van der Waals surface area contributed by atoms with Gasteiger partial charge in [0.1, 0.15) is 12.1 Å². The van der Waals surface area contributed by atoms with E-state index in [0.717, 1.165) is 31.5 Å². The van der Waals surface area contributed by atoms with Crippen molar-refractivity contribution in [2.75, 3.05) is 13.1 Å². The van der Waals surface area contributed by atoms with Crippen LogP contribution in [0.25, 0.3) is 16.8 Å². The highest BCUT2D eigenvalue weighted by atomic mass is 16.3. The van der Waals surface area contributed by atoms with Crippen LogP contribution in [0, 0.1) is 5.92 Å². The average Bonchev–Trinajstić information content (AvgIpc) is 3.10. The van der Waals surface area contributed by atoms with Gasteiger partial charge in [0.25, 0.3) is 5.56 Å². The van der Waals surface area contributed by atoms with Gasteiger partial charge in [-0.05, 0) is 18.8 Å². The summed E-state index contributed by atoms with van der Waals surface area (Å²) in [6.07, 6.45) is 5.38. The van der Waals surface area contributed by atoms with E-state index in [4.69, 9.17) is 0 Å². The molecule has 1 aliphatic heterocycles. The fourth-order valence-electron chi connectivity index (χ4n) is 3.91. The first-order chi connectivity index (χ1) is 13.6. The normalized spacial score (nSPS) is 17.2. The van der Waals surface area contributed by atoms with Crippen molar-refractivity contribution in [2.45, 2.75) is 32.9 Å². The van der Waals surface area contributed by atoms with E-state index in [0.29, 0.717) is 22.7 Å². The molecule has 146 valence electrons. The van der Waals surface area contributed by atoms with Crippen LogP contribution in [0.4, 0.5) is 0 Å². The van der Waals surface area contributed by atoms with Crippen LogP contribution >= 0.6 is 0 Å². The molecule has 0 spiro atoms. The predicted octanol–water partition coefficient (Wildman–Crippen LogP) is 1.91. The van der Waals surface area contributed by atoms with Crippen molar-refractivity contribution in [3.63, 3.8) is 0 Å². The first-order valence-electron chi connectivity index (χ1n) is 9.63. The van der Waals surface area contributed by atoms with Crippen molar-refractivity contribution < 1.29 is 9.90 Å². The summed E-state index contributed by atoms with van der Waals surface area (Å²) in [6, 6.07) is 9.45. The molecule has 1 amide bonds. The first kappa shape index (κ1) is 18.4. The van der Waals surface area contributed by atoms with Crippen LogP contribution in [-0.2, 0) is 17.9 Å². The Labute approximate surface area is 162 Å². The largest absolute Gasteiger partial charge is 0.392 e. The van der Waals surface area contributed by atoms with Gasteiger partial charge in [0.2, 0.25) is 5.91 Å². The minimum absolute atomic E-state index is 0.00122. The number of aromatic nitrogens is 3. The summed E-state index contributed by atoms with van der Waals surface area (Å²) < 4.78 is 2.90. The van der Waals surface area contributed by atoms with E-state index in [1.54, 1.807) is 12.4 Å². The van der Waals surface area contributed by atoms with Crippen LogP contribution in [0.2, 0.25) is 0 Å². The van der Waals surface area contributed by atoms with E-state index in [9.17, 15) is 14.7 Å². The maximum absolute atomic E-state index is 13.1. The molecule has 1 atom stereocenters. The van der Waals surface area contributed by atoms with Crippen LogP contribution in [0.3, 0.4) is 0 Å². The number of nitrogens with zero attached hydrogens (tertiary/aromatic N) is 4. The lowest BCUT2D eigenvalue weighted by Crippen LogP contribution is -2.42. The molecule has 7 nitrogen and oxygen atoms in total. The molecule has 0 radical (unpaired) electrons. The number of aliphatic hydroxyl groups is 1. The van der Waals surface area contributed by atoms with Gasteiger partial charge >= 0.3 is 0 Å². The van der Waals surface area contributed by atoms with E-state index in [-0.39, 0.29) is 24.6 Å². The summed E-state index contributed by atoms with van der Waals surface area (Å²) in [4.78, 5) is 27.6. The zero-order valence-corrected chi connectivity index (χ0v) is 15.9. The molecule has 4 rings (SSSR count). The molecule has 1 N–H and O–H groups in total. The number of fused-ring (bicyclic) bond motifs is 1. The summed E-state index contributed by atoms with van der Waals surface area (Å²) >= 11 is 0. The Morgan fingerprint density at radius 1 is 1.25 bits per heavy atom. The third kappa shape index (κ3) is 3.33. The third-order valence-corrected chi connectivity index (χ3v) is 5.38. The van der Waals surface area contributed by atoms with Gasteiger partial charge in [-0.1, -0.05) is 37.3 Å². The smallest absolute Gasteiger partial charge is 0.277 e. The minimum atomic E-state index is -0.320. The molecule has 1 aliphatic rings. The zero-order valence-electron chi connectivity index (χ0n) is 15.9. The lowest BCUT2D eigenvalue weighted by molar-refractivity contribution is -0.133. The number of carbonyl (C=O) groups is 1. The summed E-state index contributed by atoms with van der Waals surface area (Å²) in [5.74, 6) is 0.438. The SMILES string of the molecule is C[C@H]1CCCN(C(=O)Cn2ccn3nc(-c4ccccc4)c(CO)c3c2=O)C1. The summed E-state index contributed by atoms with van der Waals surface area (Å²) in [5, 5.41) is 14.4. The highest BCUT2D eigenvalue weighted by Crippen LogP contribution is 2.24. The second-order valence-corrected chi connectivity index (χ2v) is 7.46. The summed E-state index contributed by atoms with van der Waals surface area (Å²) in [5.41, 5.74) is 1.88. The van der Waals surface area contributed by atoms with Crippen LogP contribution in [-0.4, -0.2) is 43.2 Å². The molecule has 28 heavy (non-hydrogen) atoms. The molecule has 1 aromatic carbocycles. The van der Waals surface area contributed by atoms with Crippen molar-refractivity contribution in [1.29, 1.82) is 0 Å². The Morgan fingerprint density at radius 2 is 2.04 bits per heavy atom. The Balaban J connectivity index is 1.70. The molecule has 0 saturated carbocycles. The number of piperidine rings is 1. The topological polar surface area (TPSA) is 79.8 Å². The number of benzene rings is 1.